The maximum Gasteiger partial charge on any atom is 0.413 e. The molecule has 3 rings (SSSR count). The number of nitrogens with two attached hydrogens (primary N) is 2. The zero-order valence-electron chi connectivity index (χ0n) is 16.7. The molecule has 1 unspecified atom stereocenters. The summed E-state index contributed by atoms with van der Waals surface area (Å²) in [5.41, 5.74) is 6.96. The highest BCUT2D eigenvalue weighted by Crippen LogP contribution is 2.34. The predicted molar refractivity (Wildman–Crippen MR) is 107 cm³/mol. The number of ether oxygens (including phenoxy) is 2. The van der Waals surface area contributed by atoms with Gasteiger partial charge in [-0.05, 0) is 63.5 Å². The van der Waals surface area contributed by atoms with Crippen LogP contribution >= 0.6 is 0 Å². The minimum atomic E-state index is -0.577. The zero-order valence-corrected chi connectivity index (χ0v) is 16.7. The number of aromatic nitrogens is 1. The maximum atomic E-state index is 12.2. The fourth-order valence-corrected chi connectivity index (χ4v) is 3.41. The molecule has 154 valence electrons. The van der Waals surface area contributed by atoms with Gasteiger partial charge < -0.3 is 15.2 Å². The van der Waals surface area contributed by atoms with Gasteiger partial charge in [0.05, 0.1) is 18.0 Å². The molecular formula is C20H31N5O3. The monoisotopic (exact) mass is 389 g/mol. The largest absolute Gasteiger partial charge is 0.489 e. The average Bonchev–Trinajstić information content (AvgIpc) is 3.52. The zero-order chi connectivity index (χ0) is 20.1. The summed E-state index contributed by atoms with van der Waals surface area (Å²) in [5, 5.41) is 3.87. The van der Waals surface area contributed by atoms with Crippen LogP contribution in [0.5, 0.6) is 5.75 Å². The highest BCUT2D eigenvalue weighted by molar-refractivity contribution is 5.74. The third-order valence-corrected chi connectivity index (χ3v) is 5.27. The molecule has 0 saturated heterocycles. The molecule has 2 aliphatic rings. The lowest BCUT2D eigenvalue weighted by molar-refractivity contribution is 0.0956. The van der Waals surface area contributed by atoms with Crippen LogP contribution in [0.25, 0.3) is 5.70 Å². The van der Waals surface area contributed by atoms with E-state index in [9.17, 15) is 4.79 Å². The van der Waals surface area contributed by atoms with Gasteiger partial charge in [0.1, 0.15) is 17.6 Å². The second-order valence-electron chi connectivity index (χ2n) is 7.70. The summed E-state index contributed by atoms with van der Waals surface area (Å²) in [7, 11) is 1.59. The molecule has 0 bridgehead atoms. The Labute approximate surface area is 166 Å². The molecule has 28 heavy (non-hydrogen) atoms. The van der Waals surface area contributed by atoms with Gasteiger partial charge in [-0.3, -0.25) is 15.3 Å². The molecule has 1 heterocycles. The van der Waals surface area contributed by atoms with E-state index in [1.807, 2.05) is 13.0 Å². The van der Waals surface area contributed by atoms with Crippen LogP contribution in [0.3, 0.4) is 0 Å². The topological polar surface area (TPSA) is 116 Å². The van der Waals surface area contributed by atoms with Crippen LogP contribution < -0.4 is 21.6 Å². The standard InChI is InChI=1S/C20H31N5O3/c1-13(14-8-9-14)27-20(26)24-19(25(2)22)18(21)17-11-10-16(12-23-17)28-15-6-4-3-5-7-15/h10-15H,3-9,21-22H2,1-2H3,(H,24,26)/b19-18-. The van der Waals surface area contributed by atoms with E-state index in [2.05, 4.69) is 10.3 Å². The second kappa shape index (κ2) is 9.14. The average molecular weight is 390 g/mol. The van der Waals surface area contributed by atoms with Gasteiger partial charge in [0.25, 0.3) is 0 Å². The van der Waals surface area contributed by atoms with Gasteiger partial charge in [-0.15, -0.1) is 0 Å². The fraction of sp³-hybridized carbons (Fsp3) is 0.600. The van der Waals surface area contributed by atoms with Crippen LogP contribution in [0.1, 0.15) is 57.6 Å². The van der Waals surface area contributed by atoms with Crippen molar-refractivity contribution in [1.82, 2.24) is 15.3 Å². The Morgan fingerprint density at radius 3 is 2.54 bits per heavy atom. The van der Waals surface area contributed by atoms with Crippen molar-refractivity contribution in [3.63, 3.8) is 0 Å². The molecule has 2 saturated carbocycles. The van der Waals surface area contributed by atoms with Crippen molar-refractivity contribution >= 4 is 11.8 Å². The van der Waals surface area contributed by atoms with Gasteiger partial charge in [0.15, 0.2) is 5.82 Å². The molecule has 0 aliphatic heterocycles. The van der Waals surface area contributed by atoms with Crippen molar-refractivity contribution in [2.24, 2.45) is 17.5 Å². The van der Waals surface area contributed by atoms with E-state index in [1.165, 1.54) is 24.3 Å². The van der Waals surface area contributed by atoms with Gasteiger partial charge in [-0.1, -0.05) is 6.42 Å². The van der Waals surface area contributed by atoms with Gasteiger partial charge in [-0.25, -0.2) is 10.6 Å². The first kappa shape index (κ1) is 20.3. The molecule has 0 aromatic carbocycles. The number of pyridine rings is 1. The number of nitrogens with zero attached hydrogens (tertiary/aromatic N) is 2. The predicted octanol–water partition coefficient (Wildman–Crippen LogP) is 2.71. The molecule has 2 fully saturated rings. The number of carbonyl (C=O) groups is 1. The molecule has 1 aromatic rings. The van der Waals surface area contributed by atoms with E-state index < -0.39 is 6.09 Å². The molecule has 1 amide bonds. The number of amides is 1. The van der Waals surface area contributed by atoms with Crippen molar-refractivity contribution < 1.29 is 14.3 Å². The third-order valence-electron chi connectivity index (χ3n) is 5.27. The van der Waals surface area contributed by atoms with Crippen molar-refractivity contribution in [2.45, 2.75) is 64.1 Å². The molecule has 0 spiro atoms. The Kier molecular flexibility index (Phi) is 6.61. The van der Waals surface area contributed by atoms with Crippen molar-refractivity contribution in [1.29, 1.82) is 0 Å². The number of hydrogen-bond acceptors (Lipinski definition) is 7. The highest BCUT2D eigenvalue weighted by atomic mass is 16.6. The second-order valence-corrected chi connectivity index (χ2v) is 7.70. The molecule has 5 N–H and O–H groups in total. The van der Waals surface area contributed by atoms with Gasteiger partial charge in [0, 0.05) is 7.05 Å². The molecule has 8 heteroatoms. The number of hydrogen-bond donors (Lipinski definition) is 3. The van der Waals surface area contributed by atoms with Gasteiger partial charge >= 0.3 is 6.09 Å². The normalized spacial score (nSPS) is 19.4. The van der Waals surface area contributed by atoms with Crippen LogP contribution in [0.4, 0.5) is 4.79 Å². The summed E-state index contributed by atoms with van der Waals surface area (Å²) in [4.78, 5) is 16.5. The summed E-state index contributed by atoms with van der Waals surface area (Å²) in [6.07, 6.45) is 9.25. The van der Waals surface area contributed by atoms with Gasteiger partial charge in [-0.2, -0.15) is 0 Å². The number of nitrogens with one attached hydrogen (secondary N) is 1. The number of rotatable bonds is 7. The minimum absolute atomic E-state index is 0.125. The lowest BCUT2D eigenvalue weighted by Gasteiger charge is -2.23. The Bertz CT molecular complexity index is 694. The van der Waals surface area contributed by atoms with Gasteiger partial charge in [0.2, 0.25) is 0 Å². The van der Waals surface area contributed by atoms with E-state index in [0.717, 1.165) is 31.4 Å². The van der Waals surface area contributed by atoms with Crippen LogP contribution in [0.15, 0.2) is 24.2 Å². The third kappa shape index (κ3) is 5.51. The fourth-order valence-electron chi connectivity index (χ4n) is 3.41. The Morgan fingerprint density at radius 1 is 1.25 bits per heavy atom. The van der Waals surface area contributed by atoms with E-state index in [1.54, 1.807) is 19.3 Å². The highest BCUT2D eigenvalue weighted by Gasteiger charge is 2.31. The number of alkyl carbamates (subject to hydrolysis) is 1. The van der Waals surface area contributed by atoms with Crippen molar-refractivity contribution in [2.75, 3.05) is 7.05 Å². The minimum Gasteiger partial charge on any atom is -0.489 e. The SMILES string of the molecule is CC(OC(=O)N/C(=C(/N)c1ccc(OC2CCCCC2)cn1)N(C)N)C1CC1. The lowest BCUT2D eigenvalue weighted by Crippen LogP contribution is -2.40. The molecule has 0 radical (unpaired) electrons. The summed E-state index contributed by atoms with van der Waals surface area (Å²) in [5.74, 6) is 7.26. The maximum absolute atomic E-state index is 12.2. The summed E-state index contributed by atoms with van der Waals surface area (Å²) in [6.45, 7) is 1.89. The van der Waals surface area contributed by atoms with Crippen molar-refractivity contribution in [3.8, 4) is 5.75 Å². The summed E-state index contributed by atoms with van der Waals surface area (Å²) >= 11 is 0. The van der Waals surface area contributed by atoms with E-state index >= 15 is 0 Å². The lowest BCUT2D eigenvalue weighted by atomic mass is 9.98. The molecule has 8 nitrogen and oxygen atoms in total. The summed E-state index contributed by atoms with van der Waals surface area (Å²) < 4.78 is 11.4. The first-order valence-electron chi connectivity index (χ1n) is 10.0. The van der Waals surface area contributed by atoms with Crippen molar-refractivity contribution in [3.05, 3.63) is 29.8 Å². The first-order valence-corrected chi connectivity index (χ1v) is 10.0. The Morgan fingerprint density at radius 2 is 1.96 bits per heavy atom. The summed E-state index contributed by atoms with van der Waals surface area (Å²) in [6, 6.07) is 3.60. The molecular weight excluding hydrogens is 358 g/mol. The molecule has 1 aromatic heterocycles. The van der Waals surface area contributed by atoms with E-state index in [-0.39, 0.29) is 23.7 Å². The van der Waals surface area contributed by atoms with E-state index in [4.69, 9.17) is 21.1 Å². The quantitative estimate of drug-likeness (QED) is 0.485. The molecule has 2 aliphatic carbocycles. The Hall–Kier alpha value is -2.48. The van der Waals surface area contributed by atoms with E-state index in [0.29, 0.717) is 11.6 Å². The smallest absolute Gasteiger partial charge is 0.413 e. The molecule has 1 atom stereocenters. The van der Waals surface area contributed by atoms with Crippen LogP contribution in [-0.2, 0) is 4.74 Å². The number of carbonyl (C=O) groups excluding carboxylic acids is 1. The first-order chi connectivity index (χ1) is 13.4. The number of hydrazine groups is 1. The van der Waals surface area contributed by atoms with Crippen LogP contribution in [0.2, 0.25) is 0 Å². The van der Waals surface area contributed by atoms with Crippen LogP contribution in [0, 0.1) is 5.92 Å². The van der Waals surface area contributed by atoms with Crippen LogP contribution in [-0.4, -0.2) is 35.3 Å². The Balaban J connectivity index is 1.65.